The number of rotatable bonds is 3. The number of hydrogen-bond acceptors (Lipinski definition) is 1. The van der Waals surface area contributed by atoms with E-state index >= 15 is 0 Å². The Morgan fingerprint density at radius 1 is 1.20 bits per heavy atom. The molecule has 0 heterocycles. The zero-order valence-electron chi connectivity index (χ0n) is 9.19. The maximum Gasteiger partial charge on any atom is 0.390 e. The van der Waals surface area contributed by atoms with Crippen molar-refractivity contribution in [3.05, 3.63) is 0 Å². The van der Waals surface area contributed by atoms with E-state index in [-0.39, 0.29) is 5.92 Å². The lowest BCUT2D eigenvalue weighted by atomic mass is 9.77. The molecule has 0 radical (unpaired) electrons. The van der Waals surface area contributed by atoms with Gasteiger partial charge in [0.2, 0.25) is 0 Å². The first-order valence-electron chi connectivity index (χ1n) is 5.74. The minimum absolute atomic E-state index is 0.0782. The van der Waals surface area contributed by atoms with Gasteiger partial charge in [0.15, 0.2) is 0 Å². The molecule has 0 spiro atoms. The van der Waals surface area contributed by atoms with Crippen molar-refractivity contribution in [2.75, 3.05) is 0 Å². The Hall–Kier alpha value is -0.250. The molecule has 1 nitrogen and oxygen atoms in total. The minimum atomic E-state index is -4.11. The van der Waals surface area contributed by atoms with E-state index in [1.807, 2.05) is 0 Å². The van der Waals surface area contributed by atoms with E-state index in [0.29, 0.717) is 5.92 Å². The van der Waals surface area contributed by atoms with Gasteiger partial charge >= 0.3 is 6.18 Å². The van der Waals surface area contributed by atoms with Crippen LogP contribution in [0, 0.1) is 11.8 Å². The minimum Gasteiger partial charge on any atom is -0.327 e. The Balaban J connectivity index is 2.33. The molecule has 1 fully saturated rings. The summed E-state index contributed by atoms with van der Waals surface area (Å²) in [6, 6.07) is -0.692. The van der Waals surface area contributed by atoms with Gasteiger partial charge in [-0.25, -0.2) is 0 Å². The van der Waals surface area contributed by atoms with Crippen LogP contribution in [0.4, 0.5) is 13.2 Å². The molecule has 90 valence electrons. The fraction of sp³-hybridized carbons (Fsp3) is 1.00. The predicted molar refractivity (Wildman–Crippen MR) is 54.4 cm³/mol. The smallest absolute Gasteiger partial charge is 0.327 e. The van der Waals surface area contributed by atoms with Crippen LogP contribution in [0.1, 0.15) is 45.4 Å². The van der Waals surface area contributed by atoms with Crippen LogP contribution in [0.2, 0.25) is 0 Å². The second-order valence-corrected chi connectivity index (χ2v) is 4.67. The van der Waals surface area contributed by atoms with E-state index in [1.54, 1.807) is 0 Å². The van der Waals surface area contributed by atoms with Crippen molar-refractivity contribution < 1.29 is 13.2 Å². The van der Waals surface area contributed by atoms with Crippen LogP contribution >= 0.6 is 0 Å². The van der Waals surface area contributed by atoms with E-state index in [0.717, 1.165) is 32.1 Å². The SMILES string of the molecule is CCC1CCC(C(N)CC(F)(F)F)CC1. The quantitative estimate of drug-likeness (QED) is 0.778. The summed E-state index contributed by atoms with van der Waals surface area (Å²) in [6.45, 7) is 2.14. The van der Waals surface area contributed by atoms with Crippen LogP contribution in [0.25, 0.3) is 0 Å². The highest BCUT2D eigenvalue weighted by Crippen LogP contribution is 2.34. The third-order valence-electron chi connectivity index (χ3n) is 3.54. The van der Waals surface area contributed by atoms with Crippen molar-refractivity contribution in [2.45, 2.75) is 57.7 Å². The van der Waals surface area contributed by atoms with Gasteiger partial charge in [0.25, 0.3) is 0 Å². The van der Waals surface area contributed by atoms with Crippen molar-refractivity contribution in [3.63, 3.8) is 0 Å². The fourth-order valence-corrected chi connectivity index (χ4v) is 2.46. The molecule has 2 N–H and O–H groups in total. The van der Waals surface area contributed by atoms with Crippen LogP contribution in [0.5, 0.6) is 0 Å². The lowest BCUT2D eigenvalue weighted by Crippen LogP contribution is -2.36. The number of alkyl halides is 3. The zero-order valence-corrected chi connectivity index (χ0v) is 9.19. The number of halogens is 3. The van der Waals surface area contributed by atoms with Crippen LogP contribution in [-0.4, -0.2) is 12.2 Å². The van der Waals surface area contributed by atoms with Gasteiger partial charge in [-0.1, -0.05) is 26.2 Å². The fourth-order valence-electron chi connectivity index (χ4n) is 2.46. The first-order chi connectivity index (χ1) is 6.92. The summed E-state index contributed by atoms with van der Waals surface area (Å²) in [5.74, 6) is 0.786. The summed E-state index contributed by atoms with van der Waals surface area (Å²) in [5.41, 5.74) is 5.60. The lowest BCUT2D eigenvalue weighted by Gasteiger charge is -2.32. The maximum absolute atomic E-state index is 12.1. The maximum atomic E-state index is 12.1. The predicted octanol–water partition coefficient (Wildman–Crippen LogP) is 3.48. The van der Waals surface area contributed by atoms with Crippen molar-refractivity contribution >= 4 is 0 Å². The van der Waals surface area contributed by atoms with Crippen LogP contribution < -0.4 is 5.73 Å². The average Bonchev–Trinajstić information content (AvgIpc) is 2.15. The van der Waals surface area contributed by atoms with Gasteiger partial charge in [-0.15, -0.1) is 0 Å². The standard InChI is InChI=1S/C11H20F3N/c1-2-8-3-5-9(6-4-8)10(15)7-11(12,13)14/h8-10H,2-7,15H2,1H3. The van der Waals surface area contributed by atoms with Gasteiger partial charge in [-0.2, -0.15) is 13.2 Å². The molecule has 0 aromatic carbocycles. The molecule has 1 aliphatic carbocycles. The molecule has 0 amide bonds. The van der Waals surface area contributed by atoms with Crippen LogP contribution in [0.15, 0.2) is 0 Å². The largest absolute Gasteiger partial charge is 0.390 e. The molecule has 0 bridgehead atoms. The van der Waals surface area contributed by atoms with E-state index in [4.69, 9.17) is 5.73 Å². The highest BCUT2D eigenvalue weighted by molar-refractivity contribution is 4.81. The summed E-state index contributed by atoms with van der Waals surface area (Å²) in [6.07, 6.45) is 0.0433. The summed E-state index contributed by atoms with van der Waals surface area (Å²) < 4.78 is 36.4. The van der Waals surface area contributed by atoms with Gasteiger partial charge in [0.1, 0.15) is 0 Å². The van der Waals surface area contributed by atoms with E-state index in [2.05, 4.69) is 6.92 Å². The topological polar surface area (TPSA) is 26.0 Å². The molecule has 0 aromatic rings. The van der Waals surface area contributed by atoms with Crippen LogP contribution in [-0.2, 0) is 0 Å². The van der Waals surface area contributed by atoms with Crippen molar-refractivity contribution in [1.29, 1.82) is 0 Å². The highest BCUT2D eigenvalue weighted by atomic mass is 19.4. The van der Waals surface area contributed by atoms with E-state index in [9.17, 15) is 13.2 Å². The number of hydrogen-bond donors (Lipinski definition) is 1. The van der Waals surface area contributed by atoms with Gasteiger partial charge in [-0.05, 0) is 24.7 Å². The molecule has 1 unspecified atom stereocenters. The molecule has 4 heteroatoms. The van der Waals surface area contributed by atoms with Gasteiger partial charge in [-0.3, -0.25) is 0 Å². The summed E-state index contributed by atoms with van der Waals surface area (Å²) >= 11 is 0. The molecule has 1 rings (SSSR count). The molecule has 1 aliphatic rings. The molecule has 0 aliphatic heterocycles. The molecule has 0 aromatic heterocycles. The second kappa shape index (κ2) is 5.19. The molecule has 0 saturated heterocycles. The van der Waals surface area contributed by atoms with E-state index in [1.165, 1.54) is 0 Å². The Morgan fingerprint density at radius 3 is 2.13 bits per heavy atom. The summed E-state index contributed by atoms with van der Waals surface area (Å²) in [4.78, 5) is 0. The monoisotopic (exact) mass is 223 g/mol. The number of nitrogens with two attached hydrogens (primary N) is 1. The Morgan fingerprint density at radius 2 is 1.73 bits per heavy atom. The molecule has 15 heavy (non-hydrogen) atoms. The molecule has 1 saturated carbocycles. The Labute approximate surface area is 89.2 Å². The first-order valence-corrected chi connectivity index (χ1v) is 5.74. The van der Waals surface area contributed by atoms with E-state index < -0.39 is 18.6 Å². The van der Waals surface area contributed by atoms with Crippen LogP contribution in [0.3, 0.4) is 0 Å². The summed E-state index contributed by atoms with van der Waals surface area (Å²) in [7, 11) is 0. The van der Waals surface area contributed by atoms with Crippen molar-refractivity contribution in [2.24, 2.45) is 17.6 Å². The molecular formula is C11H20F3N. The normalized spacial score (nSPS) is 30.2. The zero-order chi connectivity index (χ0) is 11.5. The van der Waals surface area contributed by atoms with Gasteiger partial charge in [0.05, 0.1) is 6.42 Å². The lowest BCUT2D eigenvalue weighted by molar-refractivity contribution is -0.141. The molecular weight excluding hydrogens is 203 g/mol. The molecule has 1 atom stereocenters. The third-order valence-corrected chi connectivity index (χ3v) is 3.54. The second-order valence-electron chi connectivity index (χ2n) is 4.67. The van der Waals surface area contributed by atoms with Crippen molar-refractivity contribution in [3.8, 4) is 0 Å². The third kappa shape index (κ3) is 4.41. The Bertz CT molecular complexity index is 183. The van der Waals surface area contributed by atoms with Crippen molar-refractivity contribution in [1.82, 2.24) is 0 Å². The average molecular weight is 223 g/mol. The summed E-state index contributed by atoms with van der Waals surface area (Å²) in [5, 5.41) is 0. The Kier molecular flexibility index (Phi) is 4.44. The van der Waals surface area contributed by atoms with Gasteiger partial charge in [0, 0.05) is 6.04 Å². The first kappa shape index (κ1) is 12.8. The highest BCUT2D eigenvalue weighted by Gasteiger charge is 2.34. The van der Waals surface area contributed by atoms with Gasteiger partial charge < -0.3 is 5.73 Å².